The molecule has 12 heteroatoms. The molecule has 2 amide bonds. The Balaban J connectivity index is 2.24. The lowest BCUT2D eigenvalue weighted by atomic mass is 10.1. The number of aromatic nitrogens is 2. The van der Waals surface area contributed by atoms with Gasteiger partial charge >= 0.3 is 11.9 Å². The summed E-state index contributed by atoms with van der Waals surface area (Å²) in [6.45, 7) is 0. The smallest absolute Gasteiger partial charge is 0.327 e. The average molecular weight is 450 g/mol. The molecule has 0 saturated heterocycles. The quantitative estimate of drug-likeness (QED) is 0.299. The molecule has 2 atom stereocenters. The maximum atomic E-state index is 12.3. The standard InChI is InChI=1S/C18H18N4O6S2/c23-15(21-13(7-29)17(25)26)9-1-3-19-11(5-9)12-6-10(2-4-20-12)16(24)22-14(8-30)18(27)28/h1-6,13-14,29-30H,7-8H2,(H,21,23)(H,22,24)(H,25,26)(H,27,28)/t13-,14-/m0/s1. The third-order valence-electron chi connectivity index (χ3n) is 3.88. The number of hydrogen-bond donors (Lipinski definition) is 6. The van der Waals surface area contributed by atoms with Crippen molar-refractivity contribution in [2.75, 3.05) is 11.5 Å². The van der Waals surface area contributed by atoms with Gasteiger partial charge in [-0.05, 0) is 24.3 Å². The number of carbonyl (C=O) groups excluding carboxylic acids is 2. The first-order valence-electron chi connectivity index (χ1n) is 8.48. The summed E-state index contributed by atoms with van der Waals surface area (Å²) < 4.78 is 0. The second-order valence-corrected chi connectivity index (χ2v) is 6.68. The van der Waals surface area contributed by atoms with Crippen LogP contribution < -0.4 is 10.6 Å². The lowest BCUT2D eigenvalue weighted by molar-refractivity contribution is -0.139. The number of rotatable bonds is 9. The van der Waals surface area contributed by atoms with Crippen LogP contribution in [0, 0.1) is 0 Å². The van der Waals surface area contributed by atoms with Crippen LogP contribution in [0.5, 0.6) is 0 Å². The molecule has 0 aliphatic heterocycles. The molecule has 30 heavy (non-hydrogen) atoms. The molecule has 4 N–H and O–H groups in total. The Morgan fingerprint density at radius 3 is 1.47 bits per heavy atom. The molecule has 2 heterocycles. The molecule has 10 nitrogen and oxygen atoms in total. The number of nitrogens with zero attached hydrogens (tertiary/aromatic N) is 2. The first-order chi connectivity index (χ1) is 14.3. The van der Waals surface area contributed by atoms with Crippen LogP contribution in [0.4, 0.5) is 0 Å². The van der Waals surface area contributed by atoms with E-state index in [1.165, 1.54) is 36.7 Å². The van der Waals surface area contributed by atoms with Crippen LogP contribution in [0.25, 0.3) is 11.4 Å². The Morgan fingerprint density at radius 2 is 1.17 bits per heavy atom. The molecule has 0 saturated carbocycles. The average Bonchev–Trinajstić information content (AvgIpc) is 2.75. The third-order valence-corrected chi connectivity index (χ3v) is 4.61. The SMILES string of the molecule is O=C(N[C@@H](CS)C(=O)O)c1ccnc(-c2cc(C(=O)N[C@@H](CS)C(=O)O)ccn2)c1. The zero-order valence-electron chi connectivity index (χ0n) is 15.3. The maximum absolute atomic E-state index is 12.3. The molecule has 0 radical (unpaired) electrons. The highest BCUT2D eigenvalue weighted by atomic mass is 32.1. The Labute approximate surface area is 181 Å². The van der Waals surface area contributed by atoms with Crippen LogP contribution in [-0.4, -0.2) is 67.5 Å². The molecule has 0 fully saturated rings. The van der Waals surface area contributed by atoms with Gasteiger partial charge in [-0.25, -0.2) is 9.59 Å². The minimum absolute atomic E-state index is 0.0820. The highest BCUT2D eigenvalue weighted by molar-refractivity contribution is 7.80. The number of thiol groups is 2. The van der Waals surface area contributed by atoms with Gasteiger partial charge in [-0.2, -0.15) is 25.3 Å². The van der Waals surface area contributed by atoms with Crippen molar-refractivity contribution in [3.63, 3.8) is 0 Å². The topological polar surface area (TPSA) is 159 Å². The van der Waals surface area contributed by atoms with E-state index in [1.54, 1.807) is 0 Å². The summed E-state index contributed by atoms with van der Waals surface area (Å²) in [5.41, 5.74) is 0.814. The number of aliphatic carboxylic acids is 2. The molecule has 0 aliphatic rings. The predicted molar refractivity (Wildman–Crippen MR) is 113 cm³/mol. The van der Waals surface area contributed by atoms with Crippen LogP contribution in [0.2, 0.25) is 0 Å². The van der Waals surface area contributed by atoms with E-state index < -0.39 is 35.8 Å². The number of carboxylic acids is 2. The fourth-order valence-corrected chi connectivity index (χ4v) is 2.77. The van der Waals surface area contributed by atoms with Crippen molar-refractivity contribution in [3.8, 4) is 11.4 Å². The summed E-state index contributed by atoms with van der Waals surface area (Å²) in [6, 6.07) is 3.27. The summed E-state index contributed by atoms with van der Waals surface area (Å²) in [6.07, 6.45) is 2.69. The molecule has 2 aromatic rings. The van der Waals surface area contributed by atoms with Crippen molar-refractivity contribution in [3.05, 3.63) is 47.8 Å². The van der Waals surface area contributed by atoms with Crippen molar-refractivity contribution >= 4 is 49.0 Å². The van der Waals surface area contributed by atoms with Gasteiger partial charge in [0.2, 0.25) is 0 Å². The molecule has 0 aliphatic carbocycles. The molecular formula is C18H18N4O6S2. The lowest BCUT2D eigenvalue weighted by Gasteiger charge is -2.13. The molecule has 158 valence electrons. The minimum Gasteiger partial charge on any atom is -0.480 e. The van der Waals surface area contributed by atoms with E-state index in [0.717, 1.165) is 0 Å². The van der Waals surface area contributed by atoms with Gasteiger partial charge in [0.25, 0.3) is 11.8 Å². The van der Waals surface area contributed by atoms with Crippen molar-refractivity contribution in [1.82, 2.24) is 20.6 Å². The highest BCUT2D eigenvalue weighted by Crippen LogP contribution is 2.17. The highest BCUT2D eigenvalue weighted by Gasteiger charge is 2.21. The third kappa shape index (κ3) is 5.94. The first kappa shape index (κ1) is 23.2. The van der Waals surface area contributed by atoms with Gasteiger partial charge in [0.15, 0.2) is 0 Å². The van der Waals surface area contributed by atoms with Gasteiger partial charge in [0.1, 0.15) is 12.1 Å². The zero-order chi connectivity index (χ0) is 22.3. The normalized spacial score (nSPS) is 12.5. The molecule has 2 aromatic heterocycles. The largest absolute Gasteiger partial charge is 0.480 e. The molecule has 0 bridgehead atoms. The van der Waals surface area contributed by atoms with Crippen LogP contribution in [-0.2, 0) is 9.59 Å². The van der Waals surface area contributed by atoms with Gasteiger partial charge in [-0.3, -0.25) is 19.6 Å². The first-order valence-corrected chi connectivity index (χ1v) is 9.74. The monoisotopic (exact) mass is 450 g/mol. The summed E-state index contributed by atoms with van der Waals surface area (Å²) in [7, 11) is 0. The van der Waals surface area contributed by atoms with Crippen molar-refractivity contribution < 1.29 is 29.4 Å². The van der Waals surface area contributed by atoms with E-state index in [-0.39, 0.29) is 34.0 Å². The van der Waals surface area contributed by atoms with Gasteiger partial charge in [-0.1, -0.05) is 0 Å². The number of hydrogen-bond acceptors (Lipinski definition) is 8. The van der Waals surface area contributed by atoms with E-state index >= 15 is 0 Å². The minimum atomic E-state index is -1.21. The van der Waals surface area contributed by atoms with Crippen LogP contribution in [0.15, 0.2) is 36.7 Å². The van der Waals surface area contributed by atoms with Crippen LogP contribution in [0.3, 0.4) is 0 Å². The fourth-order valence-electron chi connectivity index (χ4n) is 2.28. The Kier molecular flexibility index (Phi) is 8.18. The second kappa shape index (κ2) is 10.6. The Hall–Kier alpha value is -3.12. The van der Waals surface area contributed by atoms with E-state index in [9.17, 15) is 19.2 Å². The molecule has 2 rings (SSSR count). The molecule has 0 aromatic carbocycles. The molecule has 0 unspecified atom stereocenters. The van der Waals surface area contributed by atoms with E-state index in [1.807, 2.05) is 0 Å². The fraction of sp³-hybridized carbons (Fsp3) is 0.222. The van der Waals surface area contributed by atoms with E-state index in [4.69, 9.17) is 10.2 Å². The van der Waals surface area contributed by atoms with Crippen molar-refractivity contribution in [2.45, 2.75) is 12.1 Å². The lowest BCUT2D eigenvalue weighted by Crippen LogP contribution is -2.42. The zero-order valence-corrected chi connectivity index (χ0v) is 17.1. The Morgan fingerprint density at radius 1 is 0.800 bits per heavy atom. The Bertz CT molecular complexity index is 894. The number of amides is 2. The van der Waals surface area contributed by atoms with Gasteiger partial charge < -0.3 is 20.8 Å². The maximum Gasteiger partial charge on any atom is 0.327 e. The van der Waals surface area contributed by atoms with Gasteiger partial charge in [0.05, 0.1) is 11.4 Å². The predicted octanol–water partition coefficient (Wildman–Crippen LogP) is 0.369. The van der Waals surface area contributed by atoms with Crippen molar-refractivity contribution in [2.24, 2.45) is 0 Å². The number of nitrogens with one attached hydrogen (secondary N) is 2. The van der Waals surface area contributed by atoms with Crippen molar-refractivity contribution in [1.29, 1.82) is 0 Å². The van der Waals surface area contributed by atoms with E-state index in [0.29, 0.717) is 0 Å². The number of carboxylic acid groups (broad SMARTS) is 2. The number of carbonyl (C=O) groups is 4. The molecular weight excluding hydrogens is 432 g/mol. The summed E-state index contributed by atoms with van der Waals surface area (Å²) >= 11 is 7.79. The summed E-state index contributed by atoms with van der Waals surface area (Å²) in [5, 5.41) is 22.7. The second-order valence-electron chi connectivity index (χ2n) is 5.95. The number of pyridine rings is 2. The van der Waals surface area contributed by atoms with Gasteiger partial charge in [0, 0.05) is 35.0 Å². The van der Waals surface area contributed by atoms with E-state index in [2.05, 4.69) is 45.9 Å². The summed E-state index contributed by atoms with van der Waals surface area (Å²) in [5.74, 6) is -3.86. The summed E-state index contributed by atoms with van der Waals surface area (Å²) in [4.78, 5) is 55.0. The van der Waals surface area contributed by atoms with Crippen LogP contribution >= 0.6 is 25.3 Å². The molecule has 0 spiro atoms. The van der Waals surface area contributed by atoms with Gasteiger partial charge in [-0.15, -0.1) is 0 Å². The van der Waals surface area contributed by atoms with Crippen LogP contribution in [0.1, 0.15) is 20.7 Å².